The Morgan fingerprint density at radius 2 is 1.69 bits per heavy atom. The number of nitriles is 1. The second-order valence-corrected chi connectivity index (χ2v) is 7.35. The number of non-ortho nitro benzene ring substituents is 1. The van der Waals surface area contributed by atoms with Gasteiger partial charge in [-0.15, -0.1) is 0 Å². The van der Waals surface area contributed by atoms with E-state index in [0.29, 0.717) is 11.3 Å². The first kappa shape index (κ1) is 25.4. The summed E-state index contributed by atoms with van der Waals surface area (Å²) in [6.07, 6.45) is 2.22. The molecule has 0 aliphatic heterocycles. The number of benzene rings is 3. The Labute approximate surface area is 205 Å². The van der Waals surface area contributed by atoms with E-state index in [1.807, 2.05) is 25.1 Å². The summed E-state index contributed by atoms with van der Waals surface area (Å²) in [4.78, 5) is 33.3. The van der Waals surface area contributed by atoms with E-state index >= 15 is 0 Å². The van der Waals surface area contributed by atoms with Crippen LogP contribution in [-0.4, -0.2) is 22.9 Å². The predicted molar refractivity (Wildman–Crippen MR) is 131 cm³/mol. The Morgan fingerprint density at radius 1 is 1.00 bits per heavy atom. The van der Waals surface area contributed by atoms with Crippen LogP contribution in [0.25, 0.3) is 6.08 Å². The van der Waals surface area contributed by atoms with E-state index in [9.17, 15) is 30.3 Å². The van der Waals surface area contributed by atoms with E-state index in [0.717, 1.165) is 30.2 Å². The molecule has 0 radical (unpaired) electrons. The third-order valence-corrected chi connectivity index (χ3v) is 5.05. The van der Waals surface area contributed by atoms with Crippen LogP contribution in [0.4, 0.5) is 17.1 Å². The zero-order valence-electron chi connectivity index (χ0n) is 19.3. The van der Waals surface area contributed by atoms with Crippen molar-refractivity contribution >= 4 is 29.0 Å². The molecule has 0 fully saturated rings. The number of carbonyl (C=O) groups is 1. The molecule has 182 valence electrons. The van der Waals surface area contributed by atoms with Gasteiger partial charge in [-0.1, -0.05) is 25.1 Å². The minimum atomic E-state index is -0.792. The largest absolute Gasteiger partial charge is 0.493 e. The summed E-state index contributed by atoms with van der Waals surface area (Å²) < 4.78 is 10.9. The quantitative estimate of drug-likeness (QED) is 0.181. The van der Waals surface area contributed by atoms with Crippen LogP contribution >= 0.6 is 0 Å². The van der Waals surface area contributed by atoms with E-state index in [4.69, 9.17) is 9.47 Å². The van der Waals surface area contributed by atoms with Crippen molar-refractivity contribution in [1.29, 1.82) is 5.26 Å². The standard InChI is InChI=1S/C25H20N4O7/c1-3-16-4-7-19(8-5-16)27-25(30)18(15-26)12-17-6-10-23(24(13-17)35-2)36-22-11-9-20(28(31)32)14-21(22)29(33)34/h4-14H,3H2,1-2H3,(H,27,30). The van der Waals surface area contributed by atoms with Gasteiger partial charge in [-0.3, -0.25) is 25.0 Å². The van der Waals surface area contributed by atoms with Crippen molar-refractivity contribution in [2.45, 2.75) is 13.3 Å². The molecular weight excluding hydrogens is 468 g/mol. The van der Waals surface area contributed by atoms with E-state index < -0.39 is 27.1 Å². The third kappa shape index (κ3) is 6.00. The summed E-state index contributed by atoms with van der Waals surface area (Å²) in [6, 6.07) is 16.6. The molecule has 0 spiro atoms. The maximum absolute atomic E-state index is 12.6. The smallest absolute Gasteiger partial charge is 0.318 e. The minimum absolute atomic E-state index is 0.0885. The zero-order valence-corrected chi connectivity index (χ0v) is 19.3. The van der Waals surface area contributed by atoms with Gasteiger partial charge in [0.2, 0.25) is 5.75 Å². The molecule has 0 saturated heterocycles. The Kier molecular flexibility index (Phi) is 7.94. The van der Waals surface area contributed by atoms with Crippen molar-refractivity contribution in [3.8, 4) is 23.3 Å². The number of nitrogens with zero attached hydrogens (tertiary/aromatic N) is 3. The number of nitrogens with one attached hydrogen (secondary N) is 1. The van der Waals surface area contributed by atoms with Crippen molar-refractivity contribution < 1.29 is 24.1 Å². The Morgan fingerprint density at radius 3 is 2.28 bits per heavy atom. The number of nitro benzene ring substituents is 2. The Hall–Kier alpha value is -5.24. The molecule has 0 aliphatic rings. The first-order valence-electron chi connectivity index (χ1n) is 10.6. The summed E-state index contributed by atoms with van der Waals surface area (Å²) in [7, 11) is 1.35. The van der Waals surface area contributed by atoms with E-state index in [1.54, 1.807) is 12.1 Å². The van der Waals surface area contributed by atoms with Gasteiger partial charge < -0.3 is 14.8 Å². The molecule has 11 heteroatoms. The van der Waals surface area contributed by atoms with Crippen LogP contribution in [0, 0.1) is 31.6 Å². The van der Waals surface area contributed by atoms with Crippen LogP contribution in [-0.2, 0) is 11.2 Å². The molecule has 3 aromatic rings. The SMILES string of the molecule is CCc1ccc(NC(=O)C(C#N)=Cc2ccc(Oc3ccc([N+](=O)[O-])cc3[N+](=O)[O-])c(OC)c2)cc1. The third-order valence-electron chi connectivity index (χ3n) is 5.05. The maximum atomic E-state index is 12.6. The first-order chi connectivity index (χ1) is 17.2. The number of hydrogen-bond donors (Lipinski definition) is 1. The van der Waals surface area contributed by atoms with Crippen LogP contribution in [0.3, 0.4) is 0 Å². The topological polar surface area (TPSA) is 158 Å². The van der Waals surface area contributed by atoms with E-state index in [2.05, 4.69) is 5.32 Å². The van der Waals surface area contributed by atoms with Gasteiger partial charge >= 0.3 is 5.69 Å². The van der Waals surface area contributed by atoms with E-state index in [1.165, 1.54) is 31.4 Å². The van der Waals surface area contributed by atoms with Gasteiger partial charge in [-0.05, 0) is 54.0 Å². The first-order valence-corrected chi connectivity index (χ1v) is 10.6. The highest BCUT2D eigenvalue weighted by Gasteiger charge is 2.22. The van der Waals surface area contributed by atoms with Gasteiger partial charge in [0.05, 0.1) is 23.0 Å². The molecule has 3 rings (SSSR count). The molecule has 11 nitrogen and oxygen atoms in total. The van der Waals surface area contributed by atoms with Gasteiger partial charge in [0.1, 0.15) is 11.6 Å². The van der Waals surface area contributed by atoms with Gasteiger partial charge in [-0.25, -0.2) is 0 Å². The van der Waals surface area contributed by atoms with Gasteiger partial charge in [-0.2, -0.15) is 5.26 Å². The molecule has 0 unspecified atom stereocenters. The van der Waals surface area contributed by atoms with Crippen molar-refractivity contribution in [1.82, 2.24) is 0 Å². The van der Waals surface area contributed by atoms with Crippen molar-refractivity contribution in [3.05, 3.63) is 97.6 Å². The molecule has 0 saturated carbocycles. The Balaban J connectivity index is 1.86. The number of amides is 1. The average Bonchev–Trinajstić information content (AvgIpc) is 2.88. The van der Waals surface area contributed by atoms with Gasteiger partial charge in [0, 0.05) is 11.8 Å². The minimum Gasteiger partial charge on any atom is -0.493 e. The lowest BCUT2D eigenvalue weighted by molar-refractivity contribution is -0.394. The number of hydrogen-bond acceptors (Lipinski definition) is 8. The Bertz CT molecular complexity index is 1390. The van der Waals surface area contributed by atoms with Crippen molar-refractivity contribution in [2.24, 2.45) is 0 Å². The molecule has 0 atom stereocenters. The predicted octanol–water partition coefficient (Wildman–Crippen LogP) is 5.41. The molecule has 36 heavy (non-hydrogen) atoms. The summed E-state index contributed by atoms with van der Waals surface area (Å²) in [5.74, 6) is -0.573. The fourth-order valence-electron chi connectivity index (χ4n) is 3.16. The van der Waals surface area contributed by atoms with Crippen molar-refractivity contribution in [2.75, 3.05) is 12.4 Å². The number of carbonyl (C=O) groups excluding carboxylic acids is 1. The summed E-state index contributed by atoms with van der Waals surface area (Å²) in [5, 5.41) is 34.5. The van der Waals surface area contributed by atoms with Gasteiger partial charge in [0.25, 0.3) is 11.6 Å². The average molecular weight is 488 g/mol. The van der Waals surface area contributed by atoms with Gasteiger partial charge in [0.15, 0.2) is 11.5 Å². The fourth-order valence-corrected chi connectivity index (χ4v) is 3.16. The van der Waals surface area contributed by atoms with Crippen LogP contribution < -0.4 is 14.8 Å². The number of aryl methyl sites for hydroxylation is 1. The normalized spacial score (nSPS) is 10.8. The fraction of sp³-hybridized carbons (Fsp3) is 0.120. The zero-order chi connectivity index (χ0) is 26.2. The van der Waals surface area contributed by atoms with Crippen LogP contribution in [0.5, 0.6) is 17.2 Å². The lowest BCUT2D eigenvalue weighted by Crippen LogP contribution is -2.13. The second kappa shape index (κ2) is 11.3. The summed E-state index contributed by atoms with van der Waals surface area (Å²) in [6.45, 7) is 2.02. The molecule has 0 aromatic heterocycles. The molecule has 0 heterocycles. The highest BCUT2D eigenvalue weighted by molar-refractivity contribution is 6.09. The molecule has 0 aliphatic carbocycles. The molecule has 3 aromatic carbocycles. The number of anilines is 1. The summed E-state index contributed by atoms with van der Waals surface area (Å²) >= 11 is 0. The monoisotopic (exact) mass is 488 g/mol. The number of ether oxygens (including phenoxy) is 2. The molecular formula is C25H20N4O7. The number of nitro groups is 2. The molecule has 0 bridgehead atoms. The van der Waals surface area contributed by atoms with Crippen molar-refractivity contribution in [3.63, 3.8) is 0 Å². The van der Waals surface area contributed by atoms with E-state index in [-0.39, 0.29) is 22.8 Å². The maximum Gasteiger partial charge on any atom is 0.318 e. The summed E-state index contributed by atoms with van der Waals surface area (Å²) in [5.41, 5.74) is 0.888. The number of methoxy groups -OCH3 is 1. The highest BCUT2D eigenvalue weighted by Crippen LogP contribution is 2.38. The number of rotatable bonds is 9. The molecule has 1 amide bonds. The van der Waals surface area contributed by atoms with Crippen LogP contribution in [0.1, 0.15) is 18.1 Å². The molecule has 1 N–H and O–H groups in total. The second-order valence-electron chi connectivity index (χ2n) is 7.35. The highest BCUT2D eigenvalue weighted by atomic mass is 16.6. The lowest BCUT2D eigenvalue weighted by atomic mass is 10.1. The lowest BCUT2D eigenvalue weighted by Gasteiger charge is -2.11. The van der Waals surface area contributed by atoms with Crippen LogP contribution in [0.2, 0.25) is 0 Å². The van der Waals surface area contributed by atoms with Crippen LogP contribution in [0.15, 0.2) is 66.2 Å².